The van der Waals surface area contributed by atoms with E-state index in [0.29, 0.717) is 53.6 Å². The summed E-state index contributed by atoms with van der Waals surface area (Å²) in [7, 11) is 2.06. The maximum atomic E-state index is 12.8. The van der Waals surface area contributed by atoms with Crippen molar-refractivity contribution in [2.45, 2.75) is 19.4 Å². The van der Waals surface area contributed by atoms with Crippen LogP contribution in [0.1, 0.15) is 30.5 Å². The Morgan fingerprint density at radius 1 is 1.24 bits per heavy atom. The molecule has 0 aliphatic carbocycles. The minimum Gasteiger partial charge on any atom is -0.362 e. The van der Waals surface area contributed by atoms with E-state index < -0.39 is 0 Å². The van der Waals surface area contributed by atoms with Crippen LogP contribution in [0.25, 0.3) is 0 Å². The number of carbonyl (C=O) groups is 1. The average Bonchev–Trinajstić information content (AvgIpc) is 3.25. The van der Waals surface area contributed by atoms with Crippen LogP contribution < -0.4 is 10.2 Å². The second kappa shape index (κ2) is 10.1. The predicted octanol–water partition coefficient (Wildman–Crippen LogP) is 3.43. The second-order valence-electron chi connectivity index (χ2n) is 8.64. The molecule has 2 saturated heterocycles. The molecule has 0 bridgehead atoms. The number of aromatic nitrogens is 2. The first-order chi connectivity index (χ1) is 15.9. The molecule has 33 heavy (non-hydrogen) atoms. The third-order valence-corrected chi connectivity index (χ3v) is 6.86. The van der Waals surface area contributed by atoms with Gasteiger partial charge in [-0.3, -0.25) is 4.79 Å². The number of rotatable bonds is 5. The van der Waals surface area contributed by atoms with E-state index in [1.807, 2.05) is 17.9 Å². The number of nitrogens with zero attached hydrogens (tertiary/aromatic N) is 6. The fourth-order valence-electron chi connectivity index (χ4n) is 4.37. The van der Waals surface area contributed by atoms with Crippen LogP contribution in [0.4, 0.5) is 11.8 Å². The maximum absolute atomic E-state index is 12.8. The zero-order valence-corrected chi connectivity index (χ0v) is 20.3. The van der Waals surface area contributed by atoms with Crippen molar-refractivity contribution >= 4 is 40.9 Å². The number of carbonyl (C=O) groups excluding carboxylic acids is 1. The molecule has 10 heteroatoms. The second-order valence-corrected chi connectivity index (χ2v) is 9.48. The highest BCUT2D eigenvalue weighted by Gasteiger charge is 2.32. The molecule has 0 radical (unpaired) electrons. The molecule has 8 nitrogen and oxygen atoms in total. The summed E-state index contributed by atoms with van der Waals surface area (Å²) < 4.78 is 0. The van der Waals surface area contributed by atoms with Crippen molar-refractivity contribution < 1.29 is 4.79 Å². The lowest BCUT2D eigenvalue weighted by Gasteiger charge is -2.36. The summed E-state index contributed by atoms with van der Waals surface area (Å²) >= 11 is 12.4. The fraction of sp³-hybridized carbons (Fsp3) is 0.478. The highest BCUT2D eigenvalue weighted by atomic mass is 35.5. The van der Waals surface area contributed by atoms with Gasteiger partial charge in [-0.15, -0.1) is 0 Å². The quantitative estimate of drug-likeness (QED) is 0.690. The van der Waals surface area contributed by atoms with Crippen molar-refractivity contribution in [3.05, 3.63) is 45.6 Å². The molecule has 1 amide bonds. The summed E-state index contributed by atoms with van der Waals surface area (Å²) in [4.78, 5) is 28.1. The fourth-order valence-corrected chi connectivity index (χ4v) is 4.95. The molecule has 0 saturated carbocycles. The van der Waals surface area contributed by atoms with Gasteiger partial charge in [-0.1, -0.05) is 29.3 Å². The number of benzene rings is 1. The summed E-state index contributed by atoms with van der Waals surface area (Å²) in [6, 6.07) is 7.28. The van der Waals surface area contributed by atoms with Crippen LogP contribution in [0.15, 0.2) is 24.4 Å². The Hall–Kier alpha value is -2.60. The number of hydrogen-bond acceptors (Lipinski definition) is 7. The molecular formula is C23H27Cl2N7O. The highest BCUT2D eigenvalue weighted by molar-refractivity contribution is 6.35. The molecule has 3 heterocycles. The van der Waals surface area contributed by atoms with Crippen molar-refractivity contribution in [2.24, 2.45) is 5.92 Å². The molecule has 2 fully saturated rings. The molecule has 1 aromatic carbocycles. The number of amides is 1. The zero-order valence-electron chi connectivity index (χ0n) is 18.8. The van der Waals surface area contributed by atoms with Gasteiger partial charge in [-0.25, -0.2) is 4.98 Å². The third-order valence-electron chi connectivity index (χ3n) is 6.29. The number of halogens is 2. The van der Waals surface area contributed by atoms with Gasteiger partial charge in [0.15, 0.2) is 0 Å². The van der Waals surface area contributed by atoms with Gasteiger partial charge in [0.05, 0.1) is 18.2 Å². The smallest absolute Gasteiger partial charge is 0.227 e. The molecule has 4 rings (SSSR count). The van der Waals surface area contributed by atoms with Gasteiger partial charge >= 0.3 is 0 Å². The Balaban J connectivity index is 1.44. The van der Waals surface area contributed by atoms with Gasteiger partial charge in [0, 0.05) is 42.8 Å². The lowest BCUT2D eigenvalue weighted by molar-refractivity contribution is -0.135. The largest absolute Gasteiger partial charge is 0.362 e. The molecule has 2 atom stereocenters. The number of nitrogens with one attached hydrogen (secondary N) is 1. The maximum Gasteiger partial charge on any atom is 0.227 e. The van der Waals surface area contributed by atoms with Crippen LogP contribution >= 0.6 is 23.2 Å². The first-order valence-electron chi connectivity index (χ1n) is 11.1. The molecule has 1 aromatic heterocycles. The van der Waals surface area contributed by atoms with E-state index >= 15 is 0 Å². The van der Waals surface area contributed by atoms with E-state index in [-0.39, 0.29) is 17.9 Å². The van der Waals surface area contributed by atoms with E-state index in [1.165, 1.54) is 6.20 Å². The first-order valence-corrected chi connectivity index (χ1v) is 11.8. The Morgan fingerprint density at radius 3 is 2.64 bits per heavy atom. The molecule has 0 spiro atoms. The van der Waals surface area contributed by atoms with E-state index in [4.69, 9.17) is 23.2 Å². The van der Waals surface area contributed by atoms with Gasteiger partial charge < -0.3 is 20.0 Å². The first kappa shape index (κ1) is 23.6. The van der Waals surface area contributed by atoms with Gasteiger partial charge in [-0.05, 0) is 44.6 Å². The standard InChI is InChI=1S/C23H27Cl2N7O/c1-15(19-4-3-18(24)11-20(19)25)28-21-17(12-26)13-27-23(29-21)32-9-7-31(8-10-32)22(33)16-5-6-30(2)14-16/h3-4,11,13,15-16H,5-10,14H2,1-2H3,(H,27,28,29)/t15-,16+/m1/s1. The molecular weight excluding hydrogens is 461 g/mol. The van der Waals surface area contributed by atoms with Crippen LogP contribution in [-0.4, -0.2) is 72.0 Å². The van der Waals surface area contributed by atoms with Gasteiger partial charge in [-0.2, -0.15) is 10.2 Å². The summed E-state index contributed by atoms with van der Waals surface area (Å²) in [6.45, 7) is 6.34. The normalized spacial score (nSPS) is 19.9. The summed E-state index contributed by atoms with van der Waals surface area (Å²) in [5, 5.41) is 13.9. The van der Waals surface area contributed by atoms with Crippen LogP contribution in [-0.2, 0) is 4.79 Å². The molecule has 1 N–H and O–H groups in total. The molecule has 2 aromatic rings. The number of hydrogen-bond donors (Lipinski definition) is 1. The predicted molar refractivity (Wildman–Crippen MR) is 130 cm³/mol. The SMILES string of the molecule is C[C@@H](Nc1nc(N2CCN(C(=O)[C@H]3CCN(C)C3)CC2)ncc1C#N)c1ccc(Cl)cc1Cl. The van der Waals surface area contributed by atoms with E-state index in [0.717, 1.165) is 25.1 Å². The lowest BCUT2D eigenvalue weighted by atomic mass is 10.1. The van der Waals surface area contributed by atoms with E-state index in [2.05, 4.69) is 38.2 Å². The Kier molecular flexibility index (Phi) is 7.23. The van der Waals surface area contributed by atoms with Crippen LogP contribution in [0.2, 0.25) is 10.0 Å². The van der Waals surface area contributed by atoms with Crippen molar-refractivity contribution in [1.82, 2.24) is 19.8 Å². The molecule has 2 aliphatic rings. The van der Waals surface area contributed by atoms with E-state index in [9.17, 15) is 10.1 Å². The van der Waals surface area contributed by atoms with Crippen molar-refractivity contribution in [3.8, 4) is 6.07 Å². The van der Waals surface area contributed by atoms with E-state index in [1.54, 1.807) is 12.1 Å². The van der Waals surface area contributed by atoms with Crippen molar-refractivity contribution in [1.29, 1.82) is 5.26 Å². The number of likely N-dealkylation sites (tertiary alicyclic amines) is 1. The summed E-state index contributed by atoms with van der Waals surface area (Å²) in [5.41, 5.74) is 1.21. The average molecular weight is 488 g/mol. The third kappa shape index (κ3) is 5.32. The van der Waals surface area contributed by atoms with Crippen LogP contribution in [0.3, 0.4) is 0 Å². The number of anilines is 2. The topological polar surface area (TPSA) is 88.4 Å². The zero-order chi connectivity index (χ0) is 23.5. The number of nitriles is 1. The molecule has 2 aliphatic heterocycles. The van der Waals surface area contributed by atoms with Crippen molar-refractivity contribution in [3.63, 3.8) is 0 Å². The highest BCUT2D eigenvalue weighted by Crippen LogP contribution is 2.29. The minimum absolute atomic E-state index is 0.102. The Bertz CT molecular complexity index is 1070. The van der Waals surface area contributed by atoms with Crippen LogP contribution in [0, 0.1) is 17.2 Å². The van der Waals surface area contributed by atoms with Gasteiger partial charge in [0.1, 0.15) is 17.5 Å². The van der Waals surface area contributed by atoms with Crippen molar-refractivity contribution in [2.75, 3.05) is 56.5 Å². The summed E-state index contributed by atoms with van der Waals surface area (Å²) in [6.07, 6.45) is 2.46. The van der Waals surface area contributed by atoms with Gasteiger partial charge in [0.2, 0.25) is 11.9 Å². The Morgan fingerprint density at radius 2 is 2.00 bits per heavy atom. The number of piperazine rings is 1. The molecule has 174 valence electrons. The molecule has 0 unspecified atom stereocenters. The monoisotopic (exact) mass is 487 g/mol. The summed E-state index contributed by atoms with van der Waals surface area (Å²) in [5.74, 6) is 1.34. The lowest BCUT2D eigenvalue weighted by Crippen LogP contribution is -2.51. The van der Waals surface area contributed by atoms with Crippen LogP contribution in [0.5, 0.6) is 0 Å². The minimum atomic E-state index is -0.191. The van der Waals surface area contributed by atoms with Gasteiger partial charge in [0.25, 0.3) is 0 Å². The Labute approximate surface area is 204 Å².